The number of hydrogen-bond acceptors (Lipinski definition) is 2. The molecule has 1 unspecified atom stereocenters. The van der Waals surface area contributed by atoms with Crippen LogP contribution in [0.3, 0.4) is 0 Å². The minimum atomic E-state index is -4.19. The highest BCUT2D eigenvalue weighted by Gasteiger charge is 2.43. The highest BCUT2D eigenvalue weighted by atomic mass is 19.4. The molecule has 1 aliphatic heterocycles. The van der Waals surface area contributed by atoms with E-state index in [9.17, 15) is 13.2 Å². The van der Waals surface area contributed by atoms with Crippen molar-refractivity contribution >= 4 is 5.69 Å². The monoisotopic (exact) mass is 272 g/mol. The van der Waals surface area contributed by atoms with Gasteiger partial charge in [0.2, 0.25) is 0 Å². The highest BCUT2D eigenvalue weighted by molar-refractivity contribution is 5.47. The lowest BCUT2D eigenvalue weighted by molar-refractivity contribution is -0.165. The third-order valence-electron chi connectivity index (χ3n) is 3.84. The molecule has 0 spiro atoms. The van der Waals surface area contributed by atoms with Crippen molar-refractivity contribution in [1.82, 2.24) is 4.90 Å². The summed E-state index contributed by atoms with van der Waals surface area (Å²) in [7, 11) is 0. The van der Waals surface area contributed by atoms with Crippen LogP contribution in [-0.2, 0) is 6.42 Å². The molecule has 0 radical (unpaired) electrons. The van der Waals surface area contributed by atoms with Gasteiger partial charge in [0.05, 0.1) is 6.54 Å². The Kier molecular flexibility index (Phi) is 3.29. The van der Waals surface area contributed by atoms with Crippen LogP contribution in [0.1, 0.15) is 37.9 Å². The first-order valence-corrected chi connectivity index (χ1v) is 6.32. The second-order valence-electron chi connectivity index (χ2n) is 5.87. The van der Waals surface area contributed by atoms with E-state index in [-0.39, 0.29) is 6.04 Å². The fourth-order valence-corrected chi connectivity index (χ4v) is 2.97. The van der Waals surface area contributed by atoms with Gasteiger partial charge >= 0.3 is 6.18 Å². The fraction of sp³-hybridized carbons (Fsp3) is 0.571. The van der Waals surface area contributed by atoms with Crippen molar-refractivity contribution < 1.29 is 13.2 Å². The lowest BCUT2D eigenvalue weighted by atomic mass is 9.81. The summed E-state index contributed by atoms with van der Waals surface area (Å²) in [5.74, 6) is 0. The molecule has 5 heteroatoms. The highest BCUT2D eigenvalue weighted by Crippen LogP contribution is 2.40. The molecule has 1 heterocycles. The quantitative estimate of drug-likeness (QED) is 0.792. The molecule has 19 heavy (non-hydrogen) atoms. The van der Waals surface area contributed by atoms with Crippen LogP contribution in [0, 0.1) is 0 Å². The normalized spacial score (nSPS) is 23.2. The zero-order chi connectivity index (χ0) is 14.4. The van der Waals surface area contributed by atoms with Crippen molar-refractivity contribution in [2.75, 3.05) is 12.3 Å². The maximum absolute atomic E-state index is 12.7. The Bertz CT molecular complexity index is 480. The first kappa shape index (κ1) is 14.2. The first-order chi connectivity index (χ1) is 8.60. The van der Waals surface area contributed by atoms with E-state index in [0.29, 0.717) is 12.1 Å². The minimum absolute atomic E-state index is 0.288. The summed E-state index contributed by atoms with van der Waals surface area (Å²) in [6, 6.07) is 5.23. The van der Waals surface area contributed by atoms with Crippen LogP contribution >= 0.6 is 0 Å². The fourth-order valence-electron chi connectivity index (χ4n) is 2.97. The van der Waals surface area contributed by atoms with Crippen molar-refractivity contribution in [3.63, 3.8) is 0 Å². The molecule has 2 N–H and O–H groups in total. The van der Waals surface area contributed by atoms with E-state index in [1.54, 1.807) is 12.1 Å². The van der Waals surface area contributed by atoms with E-state index in [0.717, 1.165) is 11.1 Å². The molecule has 0 aliphatic carbocycles. The topological polar surface area (TPSA) is 29.3 Å². The summed E-state index contributed by atoms with van der Waals surface area (Å²) in [4.78, 5) is 1.51. The molecule has 1 aromatic rings. The van der Waals surface area contributed by atoms with E-state index < -0.39 is 18.3 Å². The van der Waals surface area contributed by atoms with Crippen LogP contribution in [0.15, 0.2) is 18.2 Å². The summed E-state index contributed by atoms with van der Waals surface area (Å²) < 4.78 is 38.2. The largest absolute Gasteiger partial charge is 0.401 e. The van der Waals surface area contributed by atoms with E-state index >= 15 is 0 Å². The average molecular weight is 272 g/mol. The number of benzene rings is 1. The Balaban J connectivity index is 2.41. The Morgan fingerprint density at radius 3 is 2.58 bits per heavy atom. The molecular formula is C14H19F3N2. The molecular weight excluding hydrogens is 253 g/mol. The molecule has 0 saturated heterocycles. The van der Waals surface area contributed by atoms with Crippen LogP contribution < -0.4 is 5.73 Å². The second kappa shape index (κ2) is 4.40. The van der Waals surface area contributed by atoms with Gasteiger partial charge in [0.25, 0.3) is 0 Å². The van der Waals surface area contributed by atoms with Gasteiger partial charge in [-0.15, -0.1) is 0 Å². The predicted molar refractivity (Wildman–Crippen MR) is 69.8 cm³/mol. The molecule has 106 valence electrons. The minimum Gasteiger partial charge on any atom is -0.399 e. The number of nitrogens with zero attached hydrogens (tertiary/aromatic N) is 1. The number of halogens is 3. The number of rotatable bonds is 1. The van der Waals surface area contributed by atoms with E-state index in [1.807, 2.05) is 26.8 Å². The standard InChI is InChI=1S/C14H19F3N2/c1-9-12-6-11(18)5-4-10(12)7-13(2,3)19(9)8-14(15,16)17/h4-6,9H,7-8,18H2,1-3H3. The van der Waals surface area contributed by atoms with Crippen molar-refractivity contribution in [3.05, 3.63) is 29.3 Å². The Morgan fingerprint density at radius 2 is 2.00 bits per heavy atom. The number of nitrogens with two attached hydrogens (primary N) is 1. The predicted octanol–water partition coefficient (Wildman–Crippen LogP) is 3.53. The van der Waals surface area contributed by atoms with Gasteiger partial charge in [-0.05, 0) is 50.5 Å². The molecule has 0 bridgehead atoms. The van der Waals surface area contributed by atoms with Crippen LogP contribution in [0.4, 0.5) is 18.9 Å². The van der Waals surface area contributed by atoms with Gasteiger partial charge < -0.3 is 5.73 Å². The van der Waals surface area contributed by atoms with Crippen molar-refractivity contribution in [2.45, 2.75) is 44.9 Å². The molecule has 2 rings (SSSR count). The summed E-state index contributed by atoms with van der Waals surface area (Å²) in [5.41, 5.74) is 7.82. The SMILES string of the molecule is CC1c2cc(N)ccc2CC(C)(C)N1CC(F)(F)F. The van der Waals surface area contributed by atoms with Crippen LogP contribution in [-0.4, -0.2) is 23.2 Å². The molecule has 1 atom stereocenters. The maximum Gasteiger partial charge on any atom is 0.401 e. The van der Waals surface area contributed by atoms with E-state index in [1.165, 1.54) is 4.90 Å². The summed E-state index contributed by atoms with van der Waals surface area (Å²) in [6.07, 6.45) is -3.59. The smallest absolute Gasteiger partial charge is 0.399 e. The third-order valence-corrected chi connectivity index (χ3v) is 3.84. The van der Waals surface area contributed by atoms with E-state index in [2.05, 4.69) is 0 Å². The Morgan fingerprint density at radius 1 is 1.37 bits per heavy atom. The van der Waals surface area contributed by atoms with E-state index in [4.69, 9.17) is 5.73 Å². The van der Waals surface area contributed by atoms with Crippen molar-refractivity contribution in [1.29, 1.82) is 0 Å². The lowest BCUT2D eigenvalue weighted by Crippen LogP contribution is -2.53. The number of hydrogen-bond donors (Lipinski definition) is 1. The van der Waals surface area contributed by atoms with Gasteiger partial charge in [-0.2, -0.15) is 13.2 Å². The third kappa shape index (κ3) is 2.86. The Labute approximate surface area is 111 Å². The molecule has 0 amide bonds. The van der Waals surface area contributed by atoms with Crippen molar-refractivity contribution in [3.8, 4) is 0 Å². The molecule has 1 aliphatic rings. The van der Waals surface area contributed by atoms with Gasteiger partial charge in [-0.25, -0.2) is 0 Å². The lowest BCUT2D eigenvalue weighted by Gasteiger charge is -2.47. The van der Waals surface area contributed by atoms with Gasteiger partial charge in [0.1, 0.15) is 0 Å². The average Bonchev–Trinajstić information content (AvgIpc) is 2.24. The molecule has 0 aromatic heterocycles. The van der Waals surface area contributed by atoms with Gasteiger partial charge in [0.15, 0.2) is 0 Å². The van der Waals surface area contributed by atoms with Gasteiger partial charge in [0, 0.05) is 17.3 Å². The zero-order valence-electron chi connectivity index (χ0n) is 11.4. The number of alkyl halides is 3. The maximum atomic E-state index is 12.7. The Hall–Kier alpha value is -1.23. The molecule has 2 nitrogen and oxygen atoms in total. The zero-order valence-corrected chi connectivity index (χ0v) is 11.4. The summed E-state index contributed by atoms with van der Waals surface area (Å²) in [6.45, 7) is 4.63. The number of nitrogen functional groups attached to an aromatic ring is 1. The summed E-state index contributed by atoms with van der Waals surface area (Å²) >= 11 is 0. The van der Waals surface area contributed by atoms with Gasteiger partial charge in [-0.3, -0.25) is 4.90 Å². The molecule has 1 aromatic carbocycles. The number of fused-ring (bicyclic) bond motifs is 1. The molecule has 0 fully saturated rings. The van der Waals surface area contributed by atoms with Crippen LogP contribution in [0.2, 0.25) is 0 Å². The molecule has 0 saturated carbocycles. The van der Waals surface area contributed by atoms with Crippen molar-refractivity contribution in [2.24, 2.45) is 0 Å². The van der Waals surface area contributed by atoms with Crippen LogP contribution in [0.25, 0.3) is 0 Å². The van der Waals surface area contributed by atoms with Crippen LogP contribution in [0.5, 0.6) is 0 Å². The summed E-state index contributed by atoms with van der Waals surface area (Å²) in [5, 5.41) is 0. The van der Waals surface area contributed by atoms with Gasteiger partial charge in [-0.1, -0.05) is 6.07 Å². The number of anilines is 1. The first-order valence-electron chi connectivity index (χ1n) is 6.32. The second-order valence-corrected chi connectivity index (χ2v) is 5.87.